The van der Waals surface area contributed by atoms with E-state index in [-0.39, 0.29) is 16.9 Å². The van der Waals surface area contributed by atoms with Crippen LogP contribution in [0.2, 0.25) is 10.0 Å². The van der Waals surface area contributed by atoms with Gasteiger partial charge in [0.25, 0.3) is 0 Å². The predicted molar refractivity (Wildman–Crippen MR) is 150 cm³/mol. The third kappa shape index (κ3) is 6.34. The third-order valence-corrected chi connectivity index (χ3v) is 9.46. The molecule has 2 fully saturated rings. The number of alkyl halides is 3. The molecule has 0 amide bonds. The first-order valence-electron chi connectivity index (χ1n) is 13.2. The van der Waals surface area contributed by atoms with Gasteiger partial charge < -0.3 is 9.80 Å². The van der Waals surface area contributed by atoms with Crippen LogP contribution in [0.1, 0.15) is 43.5 Å². The van der Waals surface area contributed by atoms with Gasteiger partial charge in [-0.15, -0.1) is 0 Å². The van der Waals surface area contributed by atoms with Gasteiger partial charge in [0.15, 0.2) is 11.3 Å². The van der Waals surface area contributed by atoms with Crippen molar-refractivity contribution in [2.75, 3.05) is 49.6 Å². The van der Waals surface area contributed by atoms with Crippen molar-refractivity contribution in [3.05, 3.63) is 45.7 Å². The monoisotopic (exact) mass is 618 g/mol. The van der Waals surface area contributed by atoms with Crippen molar-refractivity contribution in [1.29, 1.82) is 0 Å². The number of hydrogen-bond acceptors (Lipinski definition) is 7. The van der Waals surface area contributed by atoms with Crippen molar-refractivity contribution in [1.82, 2.24) is 24.6 Å². The highest BCUT2D eigenvalue weighted by Crippen LogP contribution is 2.38. The predicted octanol–water partition coefficient (Wildman–Crippen LogP) is 5.34. The largest absolute Gasteiger partial charge is 0.437 e. The average molecular weight is 620 g/mol. The Kier molecular flexibility index (Phi) is 8.26. The van der Waals surface area contributed by atoms with Crippen LogP contribution >= 0.6 is 23.2 Å². The van der Waals surface area contributed by atoms with Gasteiger partial charge >= 0.3 is 6.18 Å². The van der Waals surface area contributed by atoms with E-state index in [9.17, 15) is 21.6 Å². The van der Waals surface area contributed by atoms with Gasteiger partial charge in [0, 0.05) is 35.9 Å². The van der Waals surface area contributed by atoms with Crippen molar-refractivity contribution < 1.29 is 21.6 Å². The number of rotatable bonds is 8. The summed E-state index contributed by atoms with van der Waals surface area (Å²) in [6.07, 6.45) is 0.755. The number of benzene rings is 1. The second-order valence-corrected chi connectivity index (χ2v) is 14.0. The molecule has 0 saturated carbocycles. The summed E-state index contributed by atoms with van der Waals surface area (Å²) in [4.78, 5) is 13.2. The first-order valence-corrected chi connectivity index (χ1v) is 16.0. The number of aromatic nitrogens is 4. The molecule has 0 aliphatic carbocycles. The van der Waals surface area contributed by atoms with Crippen molar-refractivity contribution in [2.45, 2.75) is 38.4 Å². The van der Waals surface area contributed by atoms with E-state index in [1.54, 1.807) is 25.1 Å². The van der Waals surface area contributed by atoms with Crippen LogP contribution in [0.4, 0.5) is 19.0 Å². The highest BCUT2D eigenvalue weighted by atomic mass is 35.5. The number of anilines is 1. The first-order chi connectivity index (χ1) is 18.8. The summed E-state index contributed by atoms with van der Waals surface area (Å²) >= 11 is 12.4. The minimum absolute atomic E-state index is 0.0431. The van der Waals surface area contributed by atoms with Crippen LogP contribution in [0, 0.1) is 11.8 Å². The quantitative estimate of drug-likeness (QED) is 0.337. The molecule has 0 spiro atoms. The number of halogens is 5. The normalized spacial score (nSPS) is 20.2. The summed E-state index contributed by atoms with van der Waals surface area (Å²) in [5.74, 6) is 1.61. The lowest BCUT2D eigenvalue weighted by atomic mass is 9.80. The Balaban J connectivity index is 1.33. The molecule has 0 radical (unpaired) electrons. The molecule has 4 heterocycles. The van der Waals surface area contributed by atoms with E-state index in [1.165, 1.54) is 17.1 Å². The van der Waals surface area contributed by atoms with E-state index in [0.29, 0.717) is 39.7 Å². The van der Waals surface area contributed by atoms with Crippen LogP contribution in [0.25, 0.3) is 11.2 Å². The molecule has 40 heavy (non-hydrogen) atoms. The molecule has 14 heteroatoms. The Morgan fingerprint density at radius 3 is 2.58 bits per heavy atom. The highest BCUT2D eigenvalue weighted by molar-refractivity contribution is 7.90. The molecular formula is C26H31Cl2F3N6O2S. The van der Waals surface area contributed by atoms with E-state index in [4.69, 9.17) is 23.2 Å². The van der Waals surface area contributed by atoms with E-state index in [1.807, 2.05) is 4.90 Å². The molecule has 3 aromatic rings. The number of piperidine rings is 1. The number of likely N-dealkylation sites (tertiary alicyclic amines) is 1. The van der Waals surface area contributed by atoms with Crippen LogP contribution in [-0.4, -0.2) is 77.8 Å². The molecule has 1 aromatic carbocycles. The summed E-state index contributed by atoms with van der Waals surface area (Å²) in [5.41, 5.74) is -0.777. The molecular weight excluding hydrogens is 588 g/mol. The SMILES string of the molecule is C[C@H](c1ccc(Cl)cc1Cl)n1nc(C(F)(F)F)c2ncc(N3CC([C@@H]4CCCN(CCCS(C)(=O)=O)C4)C3)nc21. The van der Waals surface area contributed by atoms with Gasteiger partial charge in [0.1, 0.15) is 21.2 Å². The van der Waals surface area contributed by atoms with Crippen LogP contribution < -0.4 is 4.90 Å². The minimum Gasteiger partial charge on any atom is -0.355 e. The molecule has 0 unspecified atom stereocenters. The molecule has 0 bridgehead atoms. The fourth-order valence-electron chi connectivity index (χ4n) is 5.71. The van der Waals surface area contributed by atoms with Crippen LogP contribution in [-0.2, 0) is 16.0 Å². The van der Waals surface area contributed by atoms with Crippen molar-refractivity contribution >= 4 is 50.0 Å². The fourth-order valence-corrected chi connectivity index (χ4v) is 6.93. The van der Waals surface area contributed by atoms with Gasteiger partial charge in [0.05, 0.1) is 18.0 Å². The molecule has 2 aromatic heterocycles. The standard InChI is InChI=1S/C26H31Cl2F3N6O2S/c1-16(20-7-6-19(27)11-21(20)28)37-25-23(24(34-37)26(29,30)31)32-12-22(33-25)36-14-18(15-36)17-5-3-8-35(13-17)9-4-10-40(2,38)39/h6-7,11-12,16-18H,3-5,8-10,13-15H2,1-2H3/t16-,17-/m1/s1. The van der Waals surface area contributed by atoms with E-state index < -0.39 is 27.7 Å². The smallest absolute Gasteiger partial charge is 0.355 e. The Morgan fingerprint density at radius 1 is 1.15 bits per heavy atom. The zero-order valence-corrected chi connectivity index (χ0v) is 24.5. The van der Waals surface area contributed by atoms with Crippen molar-refractivity contribution in [3.8, 4) is 0 Å². The van der Waals surface area contributed by atoms with Gasteiger partial charge in [-0.05, 0) is 68.8 Å². The van der Waals surface area contributed by atoms with Crippen molar-refractivity contribution in [2.24, 2.45) is 11.8 Å². The summed E-state index contributed by atoms with van der Waals surface area (Å²) in [6, 6.07) is 4.20. The topological polar surface area (TPSA) is 84.2 Å². The number of nitrogens with zero attached hydrogens (tertiary/aromatic N) is 6. The summed E-state index contributed by atoms with van der Waals surface area (Å²) in [6.45, 7) is 5.85. The fraction of sp³-hybridized carbons (Fsp3) is 0.577. The Bertz CT molecular complexity index is 1490. The van der Waals surface area contributed by atoms with Crippen LogP contribution in [0.15, 0.2) is 24.4 Å². The van der Waals surface area contributed by atoms with E-state index in [2.05, 4.69) is 20.0 Å². The lowest BCUT2D eigenvalue weighted by molar-refractivity contribution is -0.140. The van der Waals surface area contributed by atoms with Gasteiger partial charge in [0.2, 0.25) is 0 Å². The molecule has 2 saturated heterocycles. The maximum absolute atomic E-state index is 13.9. The summed E-state index contributed by atoms with van der Waals surface area (Å²) in [7, 11) is -2.96. The van der Waals surface area contributed by atoms with Gasteiger partial charge in [-0.1, -0.05) is 29.3 Å². The first kappa shape index (κ1) is 29.3. The van der Waals surface area contributed by atoms with Crippen LogP contribution in [0.3, 0.4) is 0 Å². The Hall–Kier alpha value is -2.15. The summed E-state index contributed by atoms with van der Waals surface area (Å²) in [5, 5.41) is 4.64. The molecule has 0 N–H and O–H groups in total. The van der Waals surface area contributed by atoms with Crippen molar-refractivity contribution in [3.63, 3.8) is 0 Å². The lowest BCUT2D eigenvalue weighted by Gasteiger charge is -2.47. The lowest BCUT2D eigenvalue weighted by Crippen LogP contribution is -2.54. The Morgan fingerprint density at radius 2 is 1.90 bits per heavy atom. The van der Waals surface area contributed by atoms with Gasteiger partial charge in [-0.2, -0.15) is 18.3 Å². The van der Waals surface area contributed by atoms with E-state index >= 15 is 0 Å². The number of hydrogen-bond donors (Lipinski definition) is 0. The third-order valence-electron chi connectivity index (χ3n) is 7.87. The van der Waals surface area contributed by atoms with Crippen LogP contribution in [0.5, 0.6) is 0 Å². The molecule has 218 valence electrons. The molecule has 2 aliphatic heterocycles. The highest BCUT2D eigenvalue weighted by Gasteiger charge is 2.40. The Labute approximate surface area is 241 Å². The summed E-state index contributed by atoms with van der Waals surface area (Å²) < 4.78 is 65.7. The maximum atomic E-state index is 13.9. The second kappa shape index (κ2) is 11.3. The van der Waals surface area contributed by atoms with Gasteiger partial charge in [-0.3, -0.25) is 0 Å². The molecule has 8 nitrogen and oxygen atoms in total. The number of sulfone groups is 1. The molecule has 5 rings (SSSR count). The average Bonchev–Trinajstić information content (AvgIpc) is 3.22. The second-order valence-electron chi connectivity index (χ2n) is 10.9. The molecule has 2 aliphatic rings. The van der Waals surface area contributed by atoms with Gasteiger partial charge in [-0.25, -0.2) is 23.1 Å². The maximum Gasteiger partial charge on any atom is 0.437 e. The molecule has 2 atom stereocenters. The minimum atomic E-state index is -4.70. The van der Waals surface area contributed by atoms with E-state index in [0.717, 1.165) is 45.6 Å². The number of fused-ring (bicyclic) bond motifs is 1. The zero-order valence-electron chi connectivity index (χ0n) is 22.2. The zero-order chi connectivity index (χ0) is 28.8.